The van der Waals surface area contributed by atoms with E-state index in [9.17, 15) is 9.59 Å². The molecule has 27 heavy (non-hydrogen) atoms. The van der Waals surface area contributed by atoms with E-state index >= 15 is 0 Å². The van der Waals surface area contributed by atoms with Gasteiger partial charge in [-0.25, -0.2) is 4.98 Å². The highest BCUT2D eigenvalue weighted by Gasteiger charge is 2.25. The third kappa shape index (κ3) is 4.95. The van der Waals surface area contributed by atoms with E-state index in [0.29, 0.717) is 38.4 Å². The molecule has 7 heteroatoms. The van der Waals surface area contributed by atoms with Gasteiger partial charge >= 0.3 is 0 Å². The van der Waals surface area contributed by atoms with Gasteiger partial charge in [-0.15, -0.1) is 0 Å². The fourth-order valence-corrected chi connectivity index (χ4v) is 3.18. The number of carbonyl (C=O) groups excluding carboxylic acids is 2. The number of nitrogens with zero attached hydrogens (tertiary/aromatic N) is 4. The molecule has 0 spiro atoms. The van der Waals surface area contributed by atoms with Gasteiger partial charge in [0.25, 0.3) is 5.91 Å². The molecule has 1 fully saturated rings. The summed E-state index contributed by atoms with van der Waals surface area (Å²) in [6.45, 7) is 5.86. The number of nitrogens with one attached hydrogen (secondary N) is 1. The number of benzene rings is 1. The first-order chi connectivity index (χ1) is 13.2. The predicted octanol–water partition coefficient (Wildman–Crippen LogP) is 1.55. The van der Waals surface area contributed by atoms with Gasteiger partial charge < -0.3 is 10.2 Å². The molecule has 1 aromatic carbocycles. The maximum atomic E-state index is 12.9. The number of carbonyl (C=O) groups is 2. The van der Waals surface area contributed by atoms with E-state index in [2.05, 4.69) is 22.1 Å². The van der Waals surface area contributed by atoms with Crippen LogP contribution in [-0.2, 0) is 4.79 Å². The van der Waals surface area contributed by atoms with Crippen molar-refractivity contribution < 1.29 is 9.59 Å². The number of hydrogen-bond acceptors (Lipinski definition) is 4. The average molecular weight is 369 g/mol. The Balaban J connectivity index is 1.54. The largest absolute Gasteiger partial charge is 0.355 e. The summed E-state index contributed by atoms with van der Waals surface area (Å²) in [4.78, 5) is 33.0. The topological polar surface area (TPSA) is 70.5 Å². The molecule has 0 atom stereocenters. The molecule has 2 aromatic rings. The average Bonchev–Trinajstić information content (AvgIpc) is 3.19. The second-order valence-electron chi connectivity index (χ2n) is 6.76. The summed E-state index contributed by atoms with van der Waals surface area (Å²) in [5.74, 6) is 0.0359. The van der Waals surface area contributed by atoms with Crippen LogP contribution in [0.15, 0.2) is 42.9 Å². The van der Waals surface area contributed by atoms with E-state index in [1.807, 2.05) is 39.8 Å². The van der Waals surface area contributed by atoms with Crippen molar-refractivity contribution in [2.24, 2.45) is 0 Å². The molecule has 1 N–H and O–H groups in total. The number of piperazine rings is 1. The summed E-state index contributed by atoms with van der Waals surface area (Å²) in [5.41, 5.74) is 1.48. The summed E-state index contributed by atoms with van der Waals surface area (Å²) in [7, 11) is 0. The summed E-state index contributed by atoms with van der Waals surface area (Å²) in [6, 6.07) is 9.72. The van der Waals surface area contributed by atoms with Crippen LogP contribution in [-0.4, -0.2) is 70.4 Å². The highest BCUT2D eigenvalue weighted by molar-refractivity contribution is 5.93. The van der Waals surface area contributed by atoms with Crippen molar-refractivity contribution in [1.29, 1.82) is 0 Å². The number of rotatable bonds is 7. The van der Waals surface area contributed by atoms with Gasteiger partial charge in [0.1, 0.15) is 5.69 Å². The van der Waals surface area contributed by atoms with Crippen molar-refractivity contribution in [1.82, 2.24) is 24.7 Å². The van der Waals surface area contributed by atoms with E-state index in [0.717, 1.165) is 25.1 Å². The molecule has 0 bridgehead atoms. The Morgan fingerprint density at radius 1 is 1.11 bits per heavy atom. The lowest BCUT2D eigenvalue weighted by atomic mass is 10.2. The molecule has 0 aliphatic carbocycles. The van der Waals surface area contributed by atoms with Crippen molar-refractivity contribution in [3.05, 3.63) is 48.5 Å². The second-order valence-corrected chi connectivity index (χ2v) is 6.76. The zero-order valence-electron chi connectivity index (χ0n) is 15.8. The van der Waals surface area contributed by atoms with Crippen molar-refractivity contribution >= 4 is 11.8 Å². The Morgan fingerprint density at radius 2 is 1.85 bits per heavy atom. The van der Waals surface area contributed by atoms with Crippen LogP contribution in [0.1, 0.15) is 30.3 Å². The highest BCUT2D eigenvalue weighted by Crippen LogP contribution is 2.14. The summed E-state index contributed by atoms with van der Waals surface area (Å²) in [5, 5.41) is 2.94. The fourth-order valence-electron chi connectivity index (χ4n) is 3.18. The number of hydrogen-bond donors (Lipinski definition) is 1. The standard InChI is InChI=1S/C20H27N5O2/c1-2-3-9-22-19(26)15-23-10-12-24(13-11-23)20(27)18-14-21-16-25(18)17-7-5-4-6-8-17/h4-8,14,16H,2-3,9-13,15H2,1H3,(H,22,26). The molecule has 0 radical (unpaired) electrons. The molecule has 1 aliphatic heterocycles. The number of unbranched alkanes of at least 4 members (excludes halogenated alkanes) is 1. The number of amides is 2. The quantitative estimate of drug-likeness (QED) is 0.752. The Morgan fingerprint density at radius 3 is 2.56 bits per heavy atom. The van der Waals surface area contributed by atoms with E-state index < -0.39 is 0 Å². The number of para-hydroxylation sites is 1. The van der Waals surface area contributed by atoms with Crippen molar-refractivity contribution in [3.63, 3.8) is 0 Å². The Hall–Kier alpha value is -2.67. The normalized spacial score (nSPS) is 14.9. The summed E-state index contributed by atoms with van der Waals surface area (Å²) >= 11 is 0. The SMILES string of the molecule is CCCCNC(=O)CN1CCN(C(=O)c2cncn2-c2ccccc2)CC1. The Bertz CT molecular complexity index is 751. The zero-order chi connectivity index (χ0) is 19.1. The van der Waals surface area contributed by atoms with Crippen molar-refractivity contribution in [2.45, 2.75) is 19.8 Å². The molecule has 3 rings (SSSR count). The smallest absolute Gasteiger partial charge is 0.272 e. The third-order valence-corrected chi connectivity index (χ3v) is 4.77. The Labute approximate surface area is 160 Å². The van der Waals surface area contributed by atoms with Crippen LogP contribution >= 0.6 is 0 Å². The summed E-state index contributed by atoms with van der Waals surface area (Å²) < 4.78 is 1.82. The van der Waals surface area contributed by atoms with Gasteiger partial charge in [0.2, 0.25) is 5.91 Å². The van der Waals surface area contributed by atoms with Gasteiger partial charge in [-0.2, -0.15) is 0 Å². The lowest BCUT2D eigenvalue weighted by molar-refractivity contribution is -0.122. The van der Waals surface area contributed by atoms with Crippen LogP contribution in [0.2, 0.25) is 0 Å². The van der Waals surface area contributed by atoms with Gasteiger partial charge in [0.15, 0.2) is 0 Å². The number of aromatic nitrogens is 2. The lowest BCUT2D eigenvalue weighted by Gasteiger charge is -2.34. The van der Waals surface area contributed by atoms with Gasteiger partial charge in [-0.1, -0.05) is 31.5 Å². The van der Waals surface area contributed by atoms with Crippen LogP contribution < -0.4 is 5.32 Å². The van der Waals surface area contributed by atoms with Gasteiger partial charge in [0.05, 0.1) is 19.1 Å². The minimum atomic E-state index is -0.0246. The van der Waals surface area contributed by atoms with Crippen LogP contribution in [0.5, 0.6) is 0 Å². The van der Waals surface area contributed by atoms with E-state index in [1.54, 1.807) is 12.5 Å². The predicted molar refractivity (Wildman–Crippen MR) is 104 cm³/mol. The maximum absolute atomic E-state index is 12.9. The first kappa shape index (κ1) is 19.1. The molecule has 2 heterocycles. The molecular weight excluding hydrogens is 342 g/mol. The van der Waals surface area contributed by atoms with Crippen LogP contribution in [0.3, 0.4) is 0 Å². The lowest BCUT2D eigenvalue weighted by Crippen LogP contribution is -2.51. The van der Waals surface area contributed by atoms with Gasteiger partial charge in [0, 0.05) is 38.4 Å². The van der Waals surface area contributed by atoms with Crippen LogP contribution in [0.25, 0.3) is 5.69 Å². The van der Waals surface area contributed by atoms with Crippen LogP contribution in [0.4, 0.5) is 0 Å². The molecule has 0 saturated carbocycles. The summed E-state index contributed by atoms with van der Waals surface area (Å²) in [6.07, 6.45) is 5.35. The minimum absolute atomic E-state index is 0.0246. The first-order valence-corrected chi connectivity index (χ1v) is 9.55. The molecule has 0 unspecified atom stereocenters. The van der Waals surface area contributed by atoms with Gasteiger partial charge in [-0.05, 0) is 18.6 Å². The number of imidazole rings is 1. The van der Waals surface area contributed by atoms with Crippen molar-refractivity contribution in [3.8, 4) is 5.69 Å². The van der Waals surface area contributed by atoms with Crippen LogP contribution in [0, 0.1) is 0 Å². The molecular formula is C20H27N5O2. The molecule has 7 nitrogen and oxygen atoms in total. The first-order valence-electron chi connectivity index (χ1n) is 9.55. The zero-order valence-corrected chi connectivity index (χ0v) is 15.8. The van der Waals surface area contributed by atoms with E-state index in [1.165, 1.54) is 0 Å². The van der Waals surface area contributed by atoms with E-state index in [-0.39, 0.29) is 11.8 Å². The van der Waals surface area contributed by atoms with Crippen molar-refractivity contribution in [2.75, 3.05) is 39.3 Å². The molecule has 144 valence electrons. The molecule has 1 aromatic heterocycles. The highest BCUT2D eigenvalue weighted by atomic mass is 16.2. The van der Waals surface area contributed by atoms with E-state index in [4.69, 9.17) is 0 Å². The molecule has 1 saturated heterocycles. The second kappa shape index (κ2) is 9.32. The Kier molecular flexibility index (Phi) is 6.59. The third-order valence-electron chi connectivity index (χ3n) is 4.77. The fraction of sp³-hybridized carbons (Fsp3) is 0.450. The van der Waals surface area contributed by atoms with Gasteiger partial charge in [-0.3, -0.25) is 19.1 Å². The monoisotopic (exact) mass is 369 g/mol. The maximum Gasteiger partial charge on any atom is 0.272 e. The molecule has 1 aliphatic rings. The molecule has 2 amide bonds. The minimum Gasteiger partial charge on any atom is -0.355 e.